The van der Waals surface area contributed by atoms with Crippen molar-refractivity contribution in [1.82, 2.24) is 0 Å². The molecule has 0 saturated heterocycles. The van der Waals surface area contributed by atoms with Gasteiger partial charge in [0.15, 0.2) is 0 Å². The van der Waals surface area contributed by atoms with Crippen molar-refractivity contribution < 1.29 is 20.1 Å². The summed E-state index contributed by atoms with van der Waals surface area (Å²) in [6.07, 6.45) is 0.575. The number of hydrogen-bond donors (Lipinski definition) is 3. The topological polar surface area (TPSA) is 69.9 Å². The number of phenolic OH excluding ortho intramolecular Hbond substituents is 2. The minimum absolute atomic E-state index is 0.0128. The fourth-order valence-corrected chi connectivity index (χ4v) is 2.56. The number of aromatic hydroxyl groups is 2. The highest BCUT2D eigenvalue weighted by Gasteiger charge is 2.06. The molecule has 0 atom stereocenters. The van der Waals surface area contributed by atoms with Crippen molar-refractivity contribution in [2.24, 2.45) is 0 Å². The van der Waals surface area contributed by atoms with Crippen LogP contribution in [-0.4, -0.2) is 15.3 Å². The number of aliphatic hydroxyl groups is 1. The van der Waals surface area contributed by atoms with Crippen molar-refractivity contribution in [1.29, 1.82) is 0 Å². The number of rotatable bonds is 6. The zero-order valence-electron chi connectivity index (χ0n) is 13.7. The molecule has 4 nitrogen and oxygen atoms in total. The molecular weight excluding hydrogens is 316 g/mol. The zero-order chi connectivity index (χ0) is 17.6. The highest BCUT2D eigenvalue weighted by molar-refractivity contribution is 5.40. The van der Waals surface area contributed by atoms with Gasteiger partial charge in [-0.05, 0) is 58.7 Å². The van der Waals surface area contributed by atoms with Gasteiger partial charge in [0, 0.05) is 6.42 Å². The summed E-state index contributed by atoms with van der Waals surface area (Å²) in [7, 11) is 0. The summed E-state index contributed by atoms with van der Waals surface area (Å²) in [6, 6.07) is 19.6. The molecule has 0 aliphatic heterocycles. The molecule has 0 aliphatic carbocycles. The van der Waals surface area contributed by atoms with Crippen LogP contribution < -0.4 is 4.74 Å². The molecule has 0 saturated carbocycles. The third kappa shape index (κ3) is 4.52. The predicted octanol–water partition coefficient (Wildman–Crippen LogP) is 3.76. The maximum atomic E-state index is 10.1. The SMILES string of the molecule is OCc1ccc(OCc2ccc(O)c(Cc3ccc(O)cc3)c2)cc1. The van der Waals surface area contributed by atoms with Gasteiger partial charge in [0.2, 0.25) is 0 Å². The second-order valence-corrected chi connectivity index (χ2v) is 5.90. The van der Waals surface area contributed by atoms with Crippen molar-refractivity contribution in [2.75, 3.05) is 0 Å². The van der Waals surface area contributed by atoms with Gasteiger partial charge in [0.1, 0.15) is 23.9 Å². The van der Waals surface area contributed by atoms with E-state index in [-0.39, 0.29) is 18.1 Å². The van der Waals surface area contributed by atoms with Crippen LogP contribution in [0.2, 0.25) is 0 Å². The molecule has 4 heteroatoms. The lowest BCUT2D eigenvalue weighted by Gasteiger charge is -2.10. The third-order valence-electron chi connectivity index (χ3n) is 3.99. The van der Waals surface area contributed by atoms with Crippen LogP contribution in [0.25, 0.3) is 0 Å². The summed E-state index contributed by atoms with van der Waals surface area (Å²) in [6.45, 7) is 0.403. The van der Waals surface area contributed by atoms with E-state index in [2.05, 4.69) is 0 Å². The molecule has 0 unspecified atom stereocenters. The second-order valence-electron chi connectivity index (χ2n) is 5.90. The predicted molar refractivity (Wildman–Crippen MR) is 95.7 cm³/mol. The molecule has 0 spiro atoms. The van der Waals surface area contributed by atoms with E-state index in [0.29, 0.717) is 13.0 Å². The van der Waals surface area contributed by atoms with E-state index in [1.165, 1.54) is 0 Å². The molecule has 0 heterocycles. The van der Waals surface area contributed by atoms with Crippen LogP contribution in [0.5, 0.6) is 17.2 Å². The van der Waals surface area contributed by atoms with Gasteiger partial charge in [-0.15, -0.1) is 0 Å². The first-order valence-corrected chi connectivity index (χ1v) is 8.05. The first-order chi connectivity index (χ1) is 12.1. The van der Waals surface area contributed by atoms with Crippen LogP contribution in [0.1, 0.15) is 22.3 Å². The van der Waals surface area contributed by atoms with Crippen molar-refractivity contribution in [3.63, 3.8) is 0 Å². The number of aliphatic hydroxyl groups excluding tert-OH is 1. The fraction of sp³-hybridized carbons (Fsp3) is 0.143. The Labute approximate surface area is 146 Å². The van der Waals surface area contributed by atoms with Crippen molar-refractivity contribution in [3.8, 4) is 17.2 Å². The average molecular weight is 336 g/mol. The monoisotopic (exact) mass is 336 g/mol. The number of ether oxygens (including phenoxy) is 1. The summed E-state index contributed by atoms with van der Waals surface area (Å²) in [5.41, 5.74) is 3.61. The van der Waals surface area contributed by atoms with Crippen LogP contribution in [0.3, 0.4) is 0 Å². The summed E-state index contributed by atoms with van der Waals surface area (Å²) >= 11 is 0. The van der Waals surface area contributed by atoms with Gasteiger partial charge in [0.25, 0.3) is 0 Å². The van der Waals surface area contributed by atoms with Gasteiger partial charge in [-0.2, -0.15) is 0 Å². The summed E-state index contributed by atoms with van der Waals surface area (Å²) in [4.78, 5) is 0. The van der Waals surface area contributed by atoms with E-state index in [1.54, 1.807) is 18.2 Å². The Hall–Kier alpha value is -2.98. The van der Waals surface area contributed by atoms with Gasteiger partial charge in [0.05, 0.1) is 6.61 Å². The smallest absolute Gasteiger partial charge is 0.119 e. The van der Waals surface area contributed by atoms with Gasteiger partial charge in [-0.1, -0.05) is 30.3 Å². The molecule has 0 fully saturated rings. The van der Waals surface area contributed by atoms with E-state index in [4.69, 9.17) is 9.84 Å². The van der Waals surface area contributed by atoms with E-state index >= 15 is 0 Å². The van der Waals surface area contributed by atoms with Crippen LogP contribution in [0, 0.1) is 0 Å². The minimum Gasteiger partial charge on any atom is -0.508 e. The number of hydrogen-bond acceptors (Lipinski definition) is 4. The lowest BCUT2D eigenvalue weighted by molar-refractivity contribution is 0.280. The van der Waals surface area contributed by atoms with Crippen LogP contribution in [0.15, 0.2) is 66.7 Å². The van der Waals surface area contributed by atoms with Gasteiger partial charge in [-0.25, -0.2) is 0 Å². The third-order valence-corrected chi connectivity index (χ3v) is 3.99. The lowest BCUT2D eigenvalue weighted by Crippen LogP contribution is -1.98. The van der Waals surface area contributed by atoms with Gasteiger partial charge >= 0.3 is 0 Å². The Morgan fingerprint density at radius 2 is 1.36 bits per heavy atom. The second kappa shape index (κ2) is 7.73. The Morgan fingerprint density at radius 1 is 0.720 bits per heavy atom. The first kappa shape index (κ1) is 16.9. The lowest BCUT2D eigenvalue weighted by atomic mass is 10.0. The normalized spacial score (nSPS) is 10.6. The Bertz CT molecular complexity index is 824. The summed E-state index contributed by atoms with van der Waals surface area (Å²) in [5.74, 6) is 1.19. The number of benzene rings is 3. The largest absolute Gasteiger partial charge is 0.508 e. The standard InChI is InChI=1S/C21H20O4/c22-13-16-3-8-20(9-4-16)25-14-17-5-10-21(24)18(12-17)11-15-1-6-19(23)7-2-15/h1-10,12,22-24H,11,13-14H2. The summed E-state index contributed by atoms with van der Waals surface area (Å²) in [5, 5.41) is 28.5. The molecule has 3 rings (SSSR count). The van der Waals surface area contributed by atoms with E-state index in [1.807, 2.05) is 48.5 Å². The van der Waals surface area contributed by atoms with E-state index in [9.17, 15) is 10.2 Å². The molecular formula is C21H20O4. The molecule has 0 aliphatic rings. The highest BCUT2D eigenvalue weighted by Crippen LogP contribution is 2.24. The summed E-state index contributed by atoms with van der Waals surface area (Å²) < 4.78 is 5.76. The maximum Gasteiger partial charge on any atom is 0.119 e. The van der Waals surface area contributed by atoms with Gasteiger partial charge in [-0.3, -0.25) is 0 Å². The Balaban J connectivity index is 1.68. The first-order valence-electron chi connectivity index (χ1n) is 8.05. The Morgan fingerprint density at radius 3 is 2.04 bits per heavy atom. The molecule has 3 N–H and O–H groups in total. The van der Waals surface area contributed by atoms with Crippen molar-refractivity contribution in [2.45, 2.75) is 19.6 Å². The van der Waals surface area contributed by atoms with Crippen molar-refractivity contribution >= 4 is 0 Å². The molecule has 0 aromatic heterocycles. The molecule has 3 aromatic rings. The fourth-order valence-electron chi connectivity index (χ4n) is 2.56. The van der Waals surface area contributed by atoms with Crippen LogP contribution in [0.4, 0.5) is 0 Å². The Kier molecular flexibility index (Phi) is 5.21. The van der Waals surface area contributed by atoms with Crippen LogP contribution >= 0.6 is 0 Å². The zero-order valence-corrected chi connectivity index (χ0v) is 13.7. The molecule has 25 heavy (non-hydrogen) atoms. The average Bonchev–Trinajstić information content (AvgIpc) is 2.64. The van der Waals surface area contributed by atoms with Crippen LogP contribution in [-0.2, 0) is 19.6 Å². The molecule has 0 bridgehead atoms. The maximum absolute atomic E-state index is 10.1. The molecule has 0 radical (unpaired) electrons. The quantitative estimate of drug-likeness (QED) is 0.641. The highest BCUT2D eigenvalue weighted by atomic mass is 16.5. The van der Waals surface area contributed by atoms with E-state index < -0.39 is 0 Å². The molecule has 0 amide bonds. The van der Waals surface area contributed by atoms with E-state index in [0.717, 1.165) is 28.0 Å². The molecule has 3 aromatic carbocycles. The molecule has 128 valence electrons. The number of phenols is 2. The van der Waals surface area contributed by atoms with Gasteiger partial charge < -0.3 is 20.1 Å². The minimum atomic E-state index is 0.0128. The van der Waals surface area contributed by atoms with Crippen molar-refractivity contribution in [3.05, 3.63) is 89.0 Å².